The Morgan fingerprint density at radius 2 is 2.20 bits per heavy atom. The average Bonchev–Trinajstić information content (AvgIpc) is 2.71. The number of rotatable bonds is 6. The maximum absolute atomic E-state index is 5.92. The zero-order chi connectivity index (χ0) is 14.8. The Labute approximate surface area is 125 Å². The van der Waals surface area contributed by atoms with Crippen molar-refractivity contribution < 1.29 is 4.74 Å². The summed E-state index contributed by atoms with van der Waals surface area (Å²) in [5, 5.41) is 5.88. The number of nitrogens with zero attached hydrogens (tertiary/aromatic N) is 3. The molecule has 2 aromatic heterocycles. The zero-order valence-electron chi connectivity index (χ0n) is 12.2. The van der Waals surface area contributed by atoms with Crippen molar-refractivity contribution in [2.75, 3.05) is 6.61 Å². The van der Waals surface area contributed by atoms with Gasteiger partial charge in [0.25, 0.3) is 0 Å². The molecule has 108 valence electrons. The summed E-state index contributed by atoms with van der Waals surface area (Å²) in [6.07, 6.45) is 3.44. The third-order valence-corrected chi connectivity index (χ3v) is 4.95. The van der Waals surface area contributed by atoms with Gasteiger partial charge in [-0.15, -0.1) is 0 Å². The van der Waals surface area contributed by atoms with Crippen LogP contribution in [-0.2, 0) is 11.5 Å². The molecule has 0 aliphatic heterocycles. The summed E-state index contributed by atoms with van der Waals surface area (Å²) in [6, 6.07) is 2.95. The second-order valence-electron chi connectivity index (χ2n) is 5.96. The van der Waals surface area contributed by atoms with Crippen molar-refractivity contribution >= 4 is 36.7 Å². The van der Waals surface area contributed by atoms with Crippen LogP contribution in [0.1, 0.15) is 5.69 Å². The molecule has 0 saturated heterocycles. The lowest BCUT2D eigenvalue weighted by atomic mass is 10.2. The summed E-state index contributed by atoms with van der Waals surface area (Å²) in [4.78, 5) is 4.10. The van der Waals surface area contributed by atoms with E-state index >= 15 is 0 Å². The highest BCUT2D eigenvalue weighted by molar-refractivity contribution is 6.76. The van der Waals surface area contributed by atoms with Crippen LogP contribution in [0, 0.1) is 0 Å². The molecule has 0 radical (unpaired) electrons. The van der Waals surface area contributed by atoms with Gasteiger partial charge in [-0.25, -0.2) is 9.67 Å². The normalized spacial score (nSPS) is 12.0. The van der Waals surface area contributed by atoms with Crippen LogP contribution in [-0.4, -0.2) is 29.4 Å². The largest absolute Gasteiger partial charge is 0.360 e. The molecule has 2 rings (SSSR count). The van der Waals surface area contributed by atoms with Gasteiger partial charge in [0.15, 0.2) is 0 Å². The Morgan fingerprint density at radius 1 is 1.45 bits per heavy atom. The summed E-state index contributed by atoms with van der Waals surface area (Å²) in [6.45, 7) is 12.0. The number of hydrogen-bond acceptors (Lipinski definition) is 3. The summed E-state index contributed by atoms with van der Waals surface area (Å²) in [5.74, 6) is 0. The quantitative estimate of drug-likeness (QED) is 0.459. The van der Waals surface area contributed by atoms with Crippen molar-refractivity contribution in [3.8, 4) is 0 Å². The van der Waals surface area contributed by atoms with E-state index in [-0.39, 0.29) is 0 Å². The maximum Gasteiger partial charge on any atom is 0.140 e. The first-order valence-electron chi connectivity index (χ1n) is 6.63. The molecule has 2 aromatic rings. The molecule has 2 heterocycles. The van der Waals surface area contributed by atoms with Crippen LogP contribution in [0.2, 0.25) is 30.8 Å². The average molecular weight is 310 g/mol. The number of hydrogen-bond donors (Lipinski definition) is 0. The Balaban J connectivity index is 2.12. The van der Waals surface area contributed by atoms with Crippen molar-refractivity contribution in [3.05, 3.63) is 29.7 Å². The van der Waals surface area contributed by atoms with Gasteiger partial charge in [-0.1, -0.05) is 37.8 Å². The highest BCUT2D eigenvalue weighted by Crippen LogP contribution is 2.21. The van der Waals surface area contributed by atoms with Gasteiger partial charge in [-0.3, -0.25) is 0 Å². The van der Waals surface area contributed by atoms with E-state index in [2.05, 4.69) is 36.3 Å². The molecule has 0 fully saturated rings. The summed E-state index contributed by atoms with van der Waals surface area (Å²) in [5.41, 5.74) is 1.72. The van der Waals surface area contributed by atoms with E-state index in [1.165, 1.54) is 0 Å². The van der Waals surface area contributed by atoms with Crippen LogP contribution in [0.15, 0.2) is 18.8 Å². The van der Waals surface area contributed by atoms with Crippen molar-refractivity contribution in [3.63, 3.8) is 0 Å². The van der Waals surface area contributed by atoms with Gasteiger partial charge < -0.3 is 4.74 Å². The molecule has 0 amide bonds. The predicted octanol–water partition coefficient (Wildman–Crippen LogP) is 4.04. The Hall–Kier alpha value is -1.17. The SMILES string of the molecule is C=Cc1nn(COCC[Si](C)(C)C)c2cnc(Cl)cc12. The third kappa shape index (κ3) is 3.68. The van der Waals surface area contributed by atoms with Crippen LogP contribution >= 0.6 is 11.6 Å². The van der Waals surface area contributed by atoms with Crippen molar-refractivity contribution in [1.29, 1.82) is 0 Å². The molecule has 0 unspecified atom stereocenters. The van der Waals surface area contributed by atoms with E-state index in [9.17, 15) is 0 Å². The van der Waals surface area contributed by atoms with Gasteiger partial charge in [-0.2, -0.15) is 5.10 Å². The molecule has 0 atom stereocenters. The highest BCUT2D eigenvalue weighted by Gasteiger charge is 2.13. The minimum absolute atomic E-state index is 0.429. The van der Waals surface area contributed by atoms with E-state index in [1.54, 1.807) is 23.0 Å². The van der Waals surface area contributed by atoms with Crippen LogP contribution < -0.4 is 0 Å². The first kappa shape index (κ1) is 15.2. The monoisotopic (exact) mass is 309 g/mol. The molecular weight excluding hydrogens is 290 g/mol. The van der Waals surface area contributed by atoms with Gasteiger partial charge in [0.2, 0.25) is 0 Å². The lowest BCUT2D eigenvalue weighted by Gasteiger charge is -2.15. The molecule has 6 heteroatoms. The highest BCUT2D eigenvalue weighted by atomic mass is 35.5. The zero-order valence-corrected chi connectivity index (χ0v) is 13.9. The Morgan fingerprint density at radius 3 is 2.85 bits per heavy atom. The Kier molecular flexibility index (Phi) is 4.62. The van der Waals surface area contributed by atoms with Gasteiger partial charge in [0.05, 0.1) is 17.4 Å². The minimum Gasteiger partial charge on any atom is -0.360 e. The Bertz CT molecular complexity index is 619. The number of pyridine rings is 1. The third-order valence-electron chi connectivity index (χ3n) is 3.04. The molecule has 0 saturated carbocycles. The van der Waals surface area contributed by atoms with Gasteiger partial charge >= 0.3 is 0 Å². The maximum atomic E-state index is 5.92. The van der Waals surface area contributed by atoms with E-state index < -0.39 is 8.07 Å². The van der Waals surface area contributed by atoms with Gasteiger partial charge in [0, 0.05) is 20.1 Å². The van der Waals surface area contributed by atoms with Crippen LogP contribution in [0.25, 0.3) is 17.0 Å². The summed E-state index contributed by atoms with van der Waals surface area (Å²) >= 11 is 5.92. The second kappa shape index (κ2) is 6.07. The topological polar surface area (TPSA) is 39.9 Å². The van der Waals surface area contributed by atoms with Gasteiger partial charge in [-0.05, 0) is 18.2 Å². The molecule has 0 spiro atoms. The summed E-state index contributed by atoms with van der Waals surface area (Å²) in [7, 11) is -1.06. The first-order chi connectivity index (χ1) is 9.40. The van der Waals surface area contributed by atoms with Crippen LogP contribution in [0.3, 0.4) is 0 Å². The molecule has 0 aliphatic rings. The lowest BCUT2D eigenvalue weighted by Crippen LogP contribution is -2.22. The minimum atomic E-state index is -1.06. The summed E-state index contributed by atoms with van der Waals surface area (Å²) < 4.78 is 7.54. The molecule has 0 aromatic carbocycles. The molecule has 0 bridgehead atoms. The van der Waals surface area contributed by atoms with E-state index in [4.69, 9.17) is 16.3 Å². The van der Waals surface area contributed by atoms with E-state index in [0.29, 0.717) is 11.9 Å². The second-order valence-corrected chi connectivity index (χ2v) is 12.0. The van der Waals surface area contributed by atoms with E-state index in [0.717, 1.165) is 29.2 Å². The molecule has 0 aliphatic carbocycles. The molecule has 20 heavy (non-hydrogen) atoms. The van der Waals surface area contributed by atoms with Crippen LogP contribution in [0.4, 0.5) is 0 Å². The lowest BCUT2D eigenvalue weighted by molar-refractivity contribution is 0.0816. The van der Waals surface area contributed by atoms with E-state index in [1.807, 2.05) is 0 Å². The fourth-order valence-electron chi connectivity index (χ4n) is 1.85. The van der Waals surface area contributed by atoms with Gasteiger partial charge in [0.1, 0.15) is 11.9 Å². The number of fused-ring (bicyclic) bond motifs is 1. The molecular formula is C14H20ClN3OSi. The van der Waals surface area contributed by atoms with Crippen molar-refractivity contribution in [1.82, 2.24) is 14.8 Å². The van der Waals surface area contributed by atoms with Crippen molar-refractivity contribution in [2.24, 2.45) is 0 Å². The fraction of sp³-hybridized carbons (Fsp3) is 0.429. The smallest absolute Gasteiger partial charge is 0.140 e. The molecule has 0 N–H and O–H groups in total. The standard InChI is InChI=1S/C14H20ClN3OSi/c1-5-12-11-8-14(15)16-9-13(11)18(17-12)10-19-6-7-20(2,3)4/h5,8-9H,1,6-7,10H2,2-4H3. The predicted molar refractivity (Wildman–Crippen MR) is 86.7 cm³/mol. The van der Waals surface area contributed by atoms with Crippen LogP contribution in [0.5, 0.6) is 0 Å². The number of aromatic nitrogens is 3. The number of halogens is 1. The first-order valence-corrected chi connectivity index (χ1v) is 10.7. The molecule has 4 nitrogen and oxygen atoms in total. The van der Waals surface area contributed by atoms with Crippen molar-refractivity contribution in [2.45, 2.75) is 32.4 Å². The fourth-order valence-corrected chi connectivity index (χ4v) is 2.76. The number of ether oxygens (including phenoxy) is 1.